The average Bonchev–Trinajstić information content (AvgIpc) is 3.21. The molecule has 0 bridgehead atoms. The lowest BCUT2D eigenvalue weighted by Crippen LogP contribution is -2.22. The van der Waals surface area contributed by atoms with Gasteiger partial charge in [-0.1, -0.05) is 18.2 Å². The third-order valence-corrected chi connectivity index (χ3v) is 4.47. The Morgan fingerprint density at radius 3 is 2.67 bits per heavy atom. The molecule has 0 saturated carbocycles. The van der Waals surface area contributed by atoms with Gasteiger partial charge in [0.25, 0.3) is 12.3 Å². The Bertz CT molecular complexity index is 1140. The van der Waals surface area contributed by atoms with Crippen LogP contribution in [-0.2, 0) is 13.2 Å². The second-order valence-corrected chi connectivity index (χ2v) is 6.63. The van der Waals surface area contributed by atoms with Gasteiger partial charge in [-0.2, -0.15) is 0 Å². The summed E-state index contributed by atoms with van der Waals surface area (Å²) in [6, 6.07) is 15.8. The van der Waals surface area contributed by atoms with Crippen LogP contribution in [0, 0.1) is 0 Å². The van der Waals surface area contributed by atoms with Crippen LogP contribution in [0.1, 0.15) is 33.7 Å². The van der Waals surface area contributed by atoms with Crippen molar-refractivity contribution in [3.63, 3.8) is 0 Å². The summed E-state index contributed by atoms with van der Waals surface area (Å²) in [6.45, 7) is 0.748. The molecule has 0 spiro atoms. The Balaban J connectivity index is 1.33. The Kier molecular flexibility index (Phi) is 5.65. The SMILES string of the molecule is O=C(NCc1ccc(OCc2cccnc2)cc1)c1ccc2nc(C(F)F)[nH]c2c1. The largest absolute Gasteiger partial charge is 0.489 e. The van der Waals surface area contributed by atoms with E-state index in [1.165, 1.54) is 6.07 Å². The molecule has 2 aromatic carbocycles. The molecule has 152 valence electrons. The Morgan fingerprint density at radius 1 is 1.10 bits per heavy atom. The first-order valence-corrected chi connectivity index (χ1v) is 9.25. The number of benzene rings is 2. The van der Waals surface area contributed by atoms with Crippen molar-refractivity contribution in [3.8, 4) is 5.75 Å². The van der Waals surface area contributed by atoms with Gasteiger partial charge in [0, 0.05) is 30.1 Å². The number of aromatic nitrogens is 3. The van der Waals surface area contributed by atoms with Gasteiger partial charge < -0.3 is 15.0 Å². The van der Waals surface area contributed by atoms with Crippen LogP contribution in [0.3, 0.4) is 0 Å². The number of pyridine rings is 1. The summed E-state index contributed by atoms with van der Waals surface area (Å²) in [5, 5.41) is 2.82. The molecule has 1 amide bonds. The molecule has 0 atom stereocenters. The minimum Gasteiger partial charge on any atom is -0.489 e. The topological polar surface area (TPSA) is 79.9 Å². The number of H-pyrrole nitrogens is 1. The maximum atomic E-state index is 12.8. The Labute approximate surface area is 170 Å². The average molecular weight is 408 g/mol. The van der Waals surface area contributed by atoms with Crippen LogP contribution >= 0.6 is 0 Å². The van der Waals surface area contributed by atoms with Crippen molar-refractivity contribution in [2.24, 2.45) is 0 Å². The number of carbonyl (C=O) groups excluding carboxylic acids is 1. The number of nitrogens with zero attached hydrogens (tertiary/aromatic N) is 2. The van der Waals surface area contributed by atoms with Crippen molar-refractivity contribution in [1.29, 1.82) is 0 Å². The maximum absolute atomic E-state index is 12.8. The minimum atomic E-state index is -2.69. The highest BCUT2D eigenvalue weighted by Gasteiger charge is 2.14. The molecule has 4 rings (SSSR count). The zero-order valence-electron chi connectivity index (χ0n) is 15.8. The first-order chi connectivity index (χ1) is 14.6. The van der Waals surface area contributed by atoms with E-state index in [2.05, 4.69) is 20.3 Å². The highest BCUT2D eigenvalue weighted by atomic mass is 19.3. The van der Waals surface area contributed by atoms with E-state index >= 15 is 0 Å². The maximum Gasteiger partial charge on any atom is 0.295 e. The summed E-state index contributed by atoms with van der Waals surface area (Å²) in [5.41, 5.74) is 3.03. The van der Waals surface area contributed by atoms with E-state index in [1.807, 2.05) is 36.4 Å². The molecule has 6 nitrogen and oxygen atoms in total. The number of amides is 1. The molecule has 0 unspecified atom stereocenters. The number of halogens is 2. The van der Waals surface area contributed by atoms with Crippen LogP contribution in [0.15, 0.2) is 67.0 Å². The van der Waals surface area contributed by atoms with Gasteiger partial charge >= 0.3 is 0 Å². The van der Waals surface area contributed by atoms with Crippen LogP contribution in [0.5, 0.6) is 5.75 Å². The molecular formula is C22H18F2N4O2. The Hall–Kier alpha value is -3.81. The van der Waals surface area contributed by atoms with E-state index in [-0.39, 0.29) is 5.91 Å². The van der Waals surface area contributed by atoms with Gasteiger partial charge in [0.2, 0.25) is 0 Å². The van der Waals surface area contributed by atoms with E-state index in [0.717, 1.165) is 11.1 Å². The monoisotopic (exact) mass is 408 g/mol. The molecule has 2 N–H and O–H groups in total. The van der Waals surface area contributed by atoms with Gasteiger partial charge in [-0.15, -0.1) is 0 Å². The van der Waals surface area contributed by atoms with Crippen molar-refractivity contribution < 1.29 is 18.3 Å². The molecule has 4 aromatic rings. The second-order valence-electron chi connectivity index (χ2n) is 6.63. The number of imidazole rings is 1. The summed E-state index contributed by atoms with van der Waals surface area (Å²) in [5.74, 6) is 0.00357. The Morgan fingerprint density at radius 2 is 1.93 bits per heavy atom. The molecule has 0 fully saturated rings. The van der Waals surface area contributed by atoms with Crippen LogP contribution in [0.2, 0.25) is 0 Å². The van der Waals surface area contributed by atoms with Crippen LogP contribution < -0.4 is 10.1 Å². The number of aromatic amines is 1. The predicted octanol–water partition coefficient (Wildman–Crippen LogP) is 4.40. The highest BCUT2D eigenvalue weighted by molar-refractivity contribution is 5.97. The molecule has 30 heavy (non-hydrogen) atoms. The molecule has 2 heterocycles. The number of nitrogens with one attached hydrogen (secondary N) is 2. The van der Waals surface area contributed by atoms with Gasteiger partial charge in [-0.3, -0.25) is 9.78 Å². The van der Waals surface area contributed by atoms with Crippen molar-refractivity contribution in [1.82, 2.24) is 20.3 Å². The fraction of sp³-hybridized carbons (Fsp3) is 0.136. The zero-order chi connectivity index (χ0) is 20.9. The number of ether oxygens (including phenoxy) is 1. The molecule has 0 aliphatic rings. The summed E-state index contributed by atoms with van der Waals surface area (Å²) in [7, 11) is 0. The molecule has 0 saturated heterocycles. The highest BCUT2D eigenvalue weighted by Crippen LogP contribution is 2.21. The summed E-state index contributed by atoms with van der Waals surface area (Å²) >= 11 is 0. The number of fused-ring (bicyclic) bond motifs is 1. The third-order valence-electron chi connectivity index (χ3n) is 4.47. The van der Waals surface area contributed by atoms with Crippen molar-refractivity contribution in [2.75, 3.05) is 0 Å². The van der Waals surface area contributed by atoms with E-state index in [1.54, 1.807) is 24.5 Å². The standard InChI is InChI=1S/C22H18F2N4O2/c23-20(24)21-27-18-8-5-16(10-19(18)28-21)22(29)26-12-14-3-6-17(7-4-14)30-13-15-2-1-9-25-11-15/h1-11,20H,12-13H2,(H,26,29)(H,27,28). The van der Waals surface area contributed by atoms with E-state index in [4.69, 9.17) is 4.74 Å². The lowest BCUT2D eigenvalue weighted by Gasteiger charge is -2.08. The van der Waals surface area contributed by atoms with Crippen LogP contribution in [0.4, 0.5) is 8.78 Å². The van der Waals surface area contributed by atoms with Gasteiger partial charge in [0.05, 0.1) is 11.0 Å². The first kappa shape index (κ1) is 19.5. The normalized spacial score (nSPS) is 11.0. The molecule has 0 aliphatic heterocycles. The molecule has 0 aliphatic carbocycles. The molecular weight excluding hydrogens is 390 g/mol. The number of hydrogen-bond donors (Lipinski definition) is 2. The van der Waals surface area contributed by atoms with Gasteiger partial charge in [0.1, 0.15) is 12.4 Å². The predicted molar refractivity (Wildman–Crippen MR) is 107 cm³/mol. The van der Waals surface area contributed by atoms with E-state index in [0.29, 0.717) is 35.5 Å². The summed E-state index contributed by atoms with van der Waals surface area (Å²) < 4.78 is 31.2. The van der Waals surface area contributed by atoms with Gasteiger partial charge in [-0.05, 0) is 42.0 Å². The molecule has 0 radical (unpaired) electrons. The van der Waals surface area contributed by atoms with Crippen molar-refractivity contribution >= 4 is 16.9 Å². The molecule has 2 aromatic heterocycles. The minimum absolute atomic E-state index is 0.304. The zero-order valence-corrected chi connectivity index (χ0v) is 15.8. The first-order valence-electron chi connectivity index (χ1n) is 9.25. The van der Waals surface area contributed by atoms with Crippen molar-refractivity contribution in [2.45, 2.75) is 19.6 Å². The second kappa shape index (κ2) is 8.69. The lowest BCUT2D eigenvalue weighted by atomic mass is 10.1. The lowest BCUT2D eigenvalue weighted by molar-refractivity contribution is 0.0951. The number of hydrogen-bond acceptors (Lipinski definition) is 4. The quantitative estimate of drug-likeness (QED) is 0.475. The smallest absolute Gasteiger partial charge is 0.295 e. The van der Waals surface area contributed by atoms with E-state index in [9.17, 15) is 13.6 Å². The number of carbonyl (C=O) groups is 1. The van der Waals surface area contributed by atoms with E-state index < -0.39 is 12.2 Å². The molecule has 8 heteroatoms. The van der Waals surface area contributed by atoms with Gasteiger partial charge in [0.15, 0.2) is 5.82 Å². The fourth-order valence-electron chi connectivity index (χ4n) is 2.91. The summed E-state index contributed by atoms with van der Waals surface area (Å²) in [6.07, 6.45) is 0.769. The van der Waals surface area contributed by atoms with Crippen molar-refractivity contribution in [3.05, 3.63) is 89.5 Å². The summed E-state index contributed by atoms with van der Waals surface area (Å²) in [4.78, 5) is 22.8. The number of rotatable bonds is 7. The fourth-order valence-corrected chi connectivity index (χ4v) is 2.91. The van der Waals surface area contributed by atoms with Gasteiger partial charge in [-0.25, -0.2) is 13.8 Å². The van der Waals surface area contributed by atoms with Crippen LogP contribution in [0.25, 0.3) is 11.0 Å². The number of alkyl halides is 2. The van der Waals surface area contributed by atoms with Crippen LogP contribution in [-0.4, -0.2) is 20.9 Å². The third kappa shape index (κ3) is 4.60.